The van der Waals surface area contributed by atoms with E-state index in [2.05, 4.69) is 52.3 Å². The number of aromatic nitrogens is 1. The highest BCUT2D eigenvalue weighted by Crippen LogP contribution is 2.18. The Bertz CT molecular complexity index is 1080. The van der Waals surface area contributed by atoms with E-state index in [-0.39, 0.29) is 36.0 Å². The lowest BCUT2D eigenvalue weighted by atomic mass is 10.1. The molecule has 176 valence electrons. The van der Waals surface area contributed by atoms with Gasteiger partial charge in [0.15, 0.2) is 5.96 Å². The van der Waals surface area contributed by atoms with Gasteiger partial charge in [0.1, 0.15) is 6.10 Å². The summed E-state index contributed by atoms with van der Waals surface area (Å²) >= 11 is 0. The fourth-order valence-electron chi connectivity index (χ4n) is 3.92. The molecule has 1 atom stereocenters. The topological polar surface area (TPSA) is 90.5 Å². The van der Waals surface area contributed by atoms with Crippen LogP contribution in [0.1, 0.15) is 30.9 Å². The highest BCUT2D eigenvalue weighted by molar-refractivity contribution is 14.0. The molecule has 7 nitrogen and oxygen atoms in total. The minimum atomic E-state index is -0.335. The van der Waals surface area contributed by atoms with E-state index in [1.165, 1.54) is 10.9 Å². The van der Waals surface area contributed by atoms with Gasteiger partial charge < -0.3 is 25.7 Å². The molecule has 33 heavy (non-hydrogen) atoms. The number of halogens is 1. The molecule has 1 aromatic heterocycles. The summed E-state index contributed by atoms with van der Waals surface area (Å²) in [4.78, 5) is 20.3. The van der Waals surface area contributed by atoms with Crippen molar-refractivity contribution in [2.45, 2.75) is 38.8 Å². The molecule has 2 heterocycles. The van der Waals surface area contributed by atoms with Crippen molar-refractivity contribution >= 4 is 52.4 Å². The predicted molar refractivity (Wildman–Crippen MR) is 144 cm³/mol. The van der Waals surface area contributed by atoms with Crippen LogP contribution in [0.4, 0.5) is 5.69 Å². The molecule has 2 aromatic carbocycles. The second-order valence-electron chi connectivity index (χ2n) is 7.92. The number of H-pyrrole nitrogens is 1. The highest BCUT2D eigenvalue weighted by atomic mass is 127. The molecule has 0 saturated carbocycles. The van der Waals surface area contributed by atoms with Crippen molar-refractivity contribution in [3.63, 3.8) is 0 Å². The molecule has 4 rings (SSSR count). The van der Waals surface area contributed by atoms with Gasteiger partial charge >= 0.3 is 0 Å². The molecule has 1 fully saturated rings. The fourth-order valence-corrected chi connectivity index (χ4v) is 3.92. The number of fused-ring (bicyclic) bond motifs is 1. The van der Waals surface area contributed by atoms with Crippen LogP contribution in [0.2, 0.25) is 0 Å². The van der Waals surface area contributed by atoms with Crippen LogP contribution in [0.3, 0.4) is 0 Å². The van der Waals surface area contributed by atoms with E-state index in [9.17, 15) is 4.79 Å². The van der Waals surface area contributed by atoms with E-state index in [4.69, 9.17) is 9.73 Å². The average molecular weight is 561 g/mol. The van der Waals surface area contributed by atoms with Crippen LogP contribution in [0, 0.1) is 0 Å². The first kappa shape index (κ1) is 25.0. The third-order valence-electron chi connectivity index (χ3n) is 5.54. The van der Waals surface area contributed by atoms with Crippen LogP contribution in [-0.4, -0.2) is 42.7 Å². The molecule has 0 radical (unpaired) electrons. The number of aromatic amines is 1. The number of aliphatic imine (C=N–C) groups is 1. The van der Waals surface area contributed by atoms with Gasteiger partial charge in [0.25, 0.3) is 5.91 Å². The van der Waals surface area contributed by atoms with Crippen molar-refractivity contribution in [3.05, 3.63) is 65.9 Å². The van der Waals surface area contributed by atoms with Crippen LogP contribution in [0.15, 0.2) is 59.7 Å². The lowest BCUT2D eigenvalue weighted by Gasteiger charge is -2.12. The minimum absolute atomic E-state index is 0. The van der Waals surface area contributed by atoms with E-state index in [0.717, 1.165) is 55.1 Å². The van der Waals surface area contributed by atoms with Gasteiger partial charge in [-0.1, -0.05) is 30.3 Å². The maximum Gasteiger partial charge on any atom is 0.253 e. The number of nitrogens with one attached hydrogen (secondary N) is 4. The Morgan fingerprint density at radius 1 is 1.18 bits per heavy atom. The number of anilines is 1. The lowest BCUT2D eigenvalue weighted by Crippen LogP contribution is -2.38. The zero-order valence-electron chi connectivity index (χ0n) is 18.9. The van der Waals surface area contributed by atoms with Crippen LogP contribution in [0.25, 0.3) is 10.9 Å². The van der Waals surface area contributed by atoms with Gasteiger partial charge in [0.05, 0.1) is 6.54 Å². The van der Waals surface area contributed by atoms with Gasteiger partial charge in [-0.2, -0.15) is 0 Å². The summed E-state index contributed by atoms with van der Waals surface area (Å²) in [6, 6.07) is 16.2. The van der Waals surface area contributed by atoms with E-state index >= 15 is 0 Å². The number of amides is 1. The molecule has 8 heteroatoms. The summed E-state index contributed by atoms with van der Waals surface area (Å²) < 4.78 is 5.46. The predicted octanol–water partition coefficient (Wildman–Crippen LogP) is 4.20. The third-order valence-corrected chi connectivity index (χ3v) is 5.54. The zero-order chi connectivity index (χ0) is 22.2. The van der Waals surface area contributed by atoms with Gasteiger partial charge in [-0.3, -0.25) is 4.79 Å². The quantitative estimate of drug-likeness (QED) is 0.189. The molecule has 3 aromatic rings. The first-order valence-electron chi connectivity index (χ1n) is 11.3. The first-order valence-corrected chi connectivity index (χ1v) is 11.3. The summed E-state index contributed by atoms with van der Waals surface area (Å²) in [5.74, 6) is 0.705. The van der Waals surface area contributed by atoms with Gasteiger partial charge in [0, 0.05) is 42.5 Å². The smallest absolute Gasteiger partial charge is 0.253 e. The molecule has 1 aliphatic heterocycles. The zero-order valence-corrected chi connectivity index (χ0v) is 21.2. The lowest BCUT2D eigenvalue weighted by molar-refractivity contribution is -0.124. The minimum Gasteiger partial charge on any atom is -0.368 e. The molecule has 0 spiro atoms. The Balaban J connectivity index is 0.00000306. The maximum atomic E-state index is 12.3. The number of rotatable bonds is 8. The van der Waals surface area contributed by atoms with E-state index in [1.807, 2.05) is 30.3 Å². The molecule has 1 aliphatic rings. The fraction of sp³-hybridized carbons (Fsp3) is 0.360. The van der Waals surface area contributed by atoms with Crippen LogP contribution in [0.5, 0.6) is 0 Å². The molecule has 0 bridgehead atoms. The summed E-state index contributed by atoms with van der Waals surface area (Å²) in [5.41, 5.74) is 4.26. The standard InChI is InChI=1S/C25H31N5O2.HI/c1-2-26-25(27-13-12-19-17-28-22-10-4-3-9-21(19)22)29-16-18-7-5-8-20(15-18)30-24(31)23-11-6-14-32-23;/h3-5,7-10,15,17,23,28H,2,6,11-14,16H2,1H3,(H,30,31)(H2,26,27,29);1H. The summed E-state index contributed by atoms with van der Waals surface area (Å²) in [7, 11) is 0. The average Bonchev–Trinajstić information content (AvgIpc) is 3.48. The normalized spacial score (nSPS) is 15.8. The number of para-hydroxylation sites is 1. The summed E-state index contributed by atoms with van der Waals surface area (Å²) in [6.45, 7) is 4.80. The van der Waals surface area contributed by atoms with E-state index in [1.54, 1.807) is 0 Å². The molecule has 1 unspecified atom stereocenters. The third kappa shape index (κ3) is 6.94. The monoisotopic (exact) mass is 561 g/mol. The SMILES string of the molecule is CCNC(=NCc1cccc(NC(=O)C2CCCO2)c1)NCCc1c[nH]c2ccccc12.I. The summed E-state index contributed by atoms with van der Waals surface area (Å²) in [6.07, 6.45) is 4.37. The maximum absolute atomic E-state index is 12.3. The number of hydrogen-bond donors (Lipinski definition) is 4. The van der Waals surface area contributed by atoms with Crippen molar-refractivity contribution in [1.29, 1.82) is 0 Å². The second kappa shape index (κ2) is 12.6. The van der Waals surface area contributed by atoms with Crippen molar-refractivity contribution in [1.82, 2.24) is 15.6 Å². The van der Waals surface area contributed by atoms with E-state index < -0.39 is 0 Å². The van der Waals surface area contributed by atoms with Crippen LogP contribution < -0.4 is 16.0 Å². The van der Waals surface area contributed by atoms with Crippen molar-refractivity contribution in [2.75, 3.05) is 25.0 Å². The number of hydrogen-bond acceptors (Lipinski definition) is 3. The molecule has 1 amide bonds. The number of guanidine groups is 1. The van der Waals surface area contributed by atoms with Crippen molar-refractivity contribution < 1.29 is 9.53 Å². The second-order valence-corrected chi connectivity index (χ2v) is 7.92. The Morgan fingerprint density at radius 3 is 2.88 bits per heavy atom. The van der Waals surface area contributed by atoms with Crippen molar-refractivity contribution in [2.24, 2.45) is 4.99 Å². The van der Waals surface area contributed by atoms with Gasteiger partial charge in [-0.25, -0.2) is 4.99 Å². The Morgan fingerprint density at radius 2 is 2.06 bits per heavy atom. The van der Waals surface area contributed by atoms with Gasteiger partial charge in [-0.15, -0.1) is 24.0 Å². The number of ether oxygens (including phenoxy) is 1. The first-order chi connectivity index (χ1) is 15.7. The molecular weight excluding hydrogens is 529 g/mol. The number of carbonyl (C=O) groups is 1. The van der Waals surface area contributed by atoms with Crippen molar-refractivity contribution in [3.8, 4) is 0 Å². The van der Waals surface area contributed by atoms with Gasteiger partial charge in [0.2, 0.25) is 0 Å². The Labute approximate surface area is 211 Å². The molecule has 1 saturated heterocycles. The number of benzene rings is 2. The van der Waals surface area contributed by atoms with Crippen LogP contribution >= 0.6 is 24.0 Å². The molecule has 0 aliphatic carbocycles. The largest absolute Gasteiger partial charge is 0.368 e. The van der Waals surface area contributed by atoms with Crippen LogP contribution in [-0.2, 0) is 22.5 Å². The number of nitrogens with zero attached hydrogens (tertiary/aromatic N) is 1. The number of carbonyl (C=O) groups excluding carboxylic acids is 1. The van der Waals surface area contributed by atoms with E-state index in [0.29, 0.717) is 13.2 Å². The molecule has 4 N–H and O–H groups in total. The highest BCUT2D eigenvalue weighted by Gasteiger charge is 2.23. The Kier molecular flexibility index (Phi) is 9.56. The molecular formula is C25H32IN5O2. The van der Waals surface area contributed by atoms with Gasteiger partial charge in [-0.05, 0) is 55.5 Å². The summed E-state index contributed by atoms with van der Waals surface area (Å²) in [5, 5.41) is 10.9. The Hall–Kier alpha value is -2.59.